The molecule has 1 saturated heterocycles. The first-order chi connectivity index (χ1) is 13.8. The molecule has 0 aliphatic carbocycles. The summed E-state index contributed by atoms with van der Waals surface area (Å²) >= 11 is 0. The van der Waals surface area contributed by atoms with E-state index in [1.165, 1.54) is 0 Å². The molecule has 8 heteroatoms. The van der Waals surface area contributed by atoms with Crippen molar-refractivity contribution in [3.8, 4) is 0 Å². The summed E-state index contributed by atoms with van der Waals surface area (Å²) in [5.74, 6) is 0.814. The Morgan fingerprint density at radius 2 is 1.90 bits per heavy atom. The maximum absolute atomic E-state index is 12.8. The fourth-order valence-electron chi connectivity index (χ4n) is 4.18. The number of imidazole rings is 1. The summed E-state index contributed by atoms with van der Waals surface area (Å²) < 4.78 is 4.09. The van der Waals surface area contributed by atoms with Crippen LogP contribution < -0.4 is 5.32 Å². The van der Waals surface area contributed by atoms with Gasteiger partial charge >= 0.3 is 0 Å². The van der Waals surface area contributed by atoms with E-state index in [0.717, 1.165) is 61.7 Å². The second kappa shape index (κ2) is 8.80. The first kappa shape index (κ1) is 21.1. The minimum atomic E-state index is -0.159. The molecule has 2 aromatic heterocycles. The number of hydrogen-bond acceptors (Lipinski definition) is 4. The maximum Gasteiger partial charge on any atom is 0.272 e. The number of rotatable bonds is 6. The molecule has 0 spiro atoms. The zero-order valence-electron chi connectivity index (χ0n) is 18.2. The number of amides is 2. The second-order valence-corrected chi connectivity index (χ2v) is 7.89. The van der Waals surface area contributed by atoms with Gasteiger partial charge in [-0.05, 0) is 40.0 Å². The molecular weight excluding hydrogens is 368 g/mol. The Morgan fingerprint density at radius 1 is 1.21 bits per heavy atom. The minimum absolute atomic E-state index is 0.125. The summed E-state index contributed by atoms with van der Waals surface area (Å²) in [6, 6.07) is 0.272. The molecule has 0 saturated carbocycles. The lowest BCUT2D eigenvalue weighted by atomic mass is 10.0. The first-order valence-corrected chi connectivity index (χ1v) is 10.4. The van der Waals surface area contributed by atoms with Gasteiger partial charge in [-0.1, -0.05) is 6.92 Å². The molecule has 8 nitrogen and oxygen atoms in total. The van der Waals surface area contributed by atoms with Gasteiger partial charge in [0.15, 0.2) is 0 Å². The highest BCUT2D eigenvalue weighted by Gasteiger charge is 2.27. The van der Waals surface area contributed by atoms with Crippen molar-refractivity contribution in [1.29, 1.82) is 0 Å². The average Bonchev–Trinajstić information content (AvgIpc) is 3.18. The summed E-state index contributed by atoms with van der Waals surface area (Å²) in [4.78, 5) is 30.8. The first-order valence-electron chi connectivity index (χ1n) is 10.4. The molecule has 158 valence electrons. The monoisotopic (exact) mass is 400 g/mol. The van der Waals surface area contributed by atoms with E-state index < -0.39 is 0 Å². The van der Waals surface area contributed by atoms with Gasteiger partial charge in [0.1, 0.15) is 11.5 Å². The molecule has 3 heterocycles. The van der Waals surface area contributed by atoms with Crippen molar-refractivity contribution in [1.82, 2.24) is 29.5 Å². The van der Waals surface area contributed by atoms with Crippen molar-refractivity contribution in [2.75, 3.05) is 13.1 Å². The van der Waals surface area contributed by atoms with Gasteiger partial charge in [-0.25, -0.2) is 4.98 Å². The van der Waals surface area contributed by atoms with Gasteiger partial charge < -0.3 is 14.8 Å². The molecule has 0 aromatic carbocycles. The number of hydrogen-bond donors (Lipinski definition) is 1. The lowest BCUT2D eigenvalue weighted by Crippen LogP contribution is -2.38. The van der Waals surface area contributed by atoms with Gasteiger partial charge in [0.05, 0.1) is 5.69 Å². The van der Waals surface area contributed by atoms with Crippen LogP contribution >= 0.6 is 0 Å². The number of piperidine rings is 1. The van der Waals surface area contributed by atoms with Gasteiger partial charge in [0.25, 0.3) is 5.91 Å². The van der Waals surface area contributed by atoms with E-state index in [-0.39, 0.29) is 17.9 Å². The number of likely N-dealkylation sites (tertiary alicyclic amines) is 1. The fraction of sp³-hybridized carbons (Fsp3) is 0.619. The standard InChI is InChI=1S/C21H32N6O2/c1-6-9-26-13-18(14(2)24-26)12-22-21(29)20-15(3)27(16(4)23-20)19-7-10-25(11-8-19)17(5)28/h13,19H,6-12H2,1-5H3,(H,22,29). The van der Waals surface area contributed by atoms with Gasteiger partial charge in [0.2, 0.25) is 5.91 Å². The van der Waals surface area contributed by atoms with Crippen LogP contribution in [-0.4, -0.2) is 49.1 Å². The lowest BCUT2D eigenvalue weighted by molar-refractivity contribution is -0.130. The second-order valence-electron chi connectivity index (χ2n) is 7.89. The number of carbonyl (C=O) groups is 2. The highest BCUT2D eigenvalue weighted by molar-refractivity contribution is 5.93. The molecule has 0 bridgehead atoms. The summed E-state index contributed by atoms with van der Waals surface area (Å²) in [6.07, 6.45) is 4.79. The van der Waals surface area contributed by atoms with E-state index in [1.807, 2.05) is 36.5 Å². The smallest absolute Gasteiger partial charge is 0.272 e. The molecule has 1 aliphatic heterocycles. The molecule has 1 aliphatic rings. The molecule has 29 heavy (non-hydrogen) atoms. The van der Waals surface area contributed by atoms with Crippen LogP contribution in [0.3, 0.4) is 0 Å². The van der Waals surface area contributed by atoms with E-state index in [0.29, 0.717) is 12.2 Å². The summed E-state index contributed by atoms with van der Waals surface area (Å²) in [5.41, 5.74) is 3.33. The number of nitrogens with one attached hydrogen (secondary N) is 1. The average molecular weight is 401 g/mol. The summed E-state index contributed by atoms with van der Waals surface area (Å²) in [7, 11) is 0. The highest BCUT2D eigenvalue weighted by Crippen LogP contribution is 2.27. The van der Waals surface area contributed by atoms with Gasteiger partial charge in [-0.3, -0.25) is 14.3 Å². The molecule has 3 rings (SSSR count). The molecule has 0 atom stereocenters. The summed E-state index contributed by atoms with van der Waals surface area (Å²) in [5, 5.41) is 7.48. The molecule has 0 unspecified atom stereocenters. The number of aryl methyl sites for hydroxylation is 3. The Kier molecular flexibility index (Phi) is 6.39. The number of nitrogens with zero attached hydrogens (tertiary/aromatic N) is 5. The Bertz CT molecular complexity index is 889. The van der Waals surface area contributed by atoms with Crippen LogP contribution in [0.2, 0.25) is 0 Å². The van der Waals surface area contributed by atoms with Crippen molar-refractivity contribution in [2.24, 2.45) is 0 Å². The van der Waals surface area contributed by atoms with Gasteiger partial charge in [-0.15, -0.1) is 0 Å². The zero-order chi connectivity index (χ0) is 21.1. The van der Waals surface area contributed by atoms with Crippen LogP contribution in [0.4, 0.5) is 0 Å². The lowest BCUT2D eigenvalue weighted by Gasteiger charge is -2.33. The minimum Gasteiger partial charge on any atom is -0.346 e. The van der Waals surface area contributed by atoms with E-state index in [2.05, 4.69) is 26.9 Å². The third-order valence-corrected chi connectivity index (χ3v) is 5.76. The van der Waals surface area contributed by atoms with E-state index in [4.69, 9.17) is 0 Å². The third kappa shape index (κ3) is 4.52. The fourth-order valence-corrected chi connectivity index (χ4v) is 4.18. The van der Waals surface area contributed by atoms with Crippen LogP contribution in [-0.2, 0) is 17.9 Å². The van der Waals surface area contributed by atoms with Crippen molar-refractivity contribution in [3.05, 3.63) is 34.7 Å². The van der Waals surface area contributed by atoms with E-state index >= 15 is 0 Å². The predicted octanol–water partition coefficient (Wildman–Crippen LogP) is 2.53. The topological polar surface area (TPSA) is 85.0 Å². The van der Waals surface area contributed by atoms with Crippen LogP contribution in [0.5, 0.6) is 0 Å². The van der Waals surface area contributed by atoms with Crippen molar-refractivity contribution < 1.29 is 9.59 Å². The van der Waals surface area contributed by atoms with E-state index in [9.17, 15) is 9.59 Å². The van der Waals surface area contributed by atoms with E-state index in [1.54, 1.807) is 6.92 Å². The maximum atomic E-state index is 12.8. The van der Waals surface area contributed by atoms with Crippen LogP contribution in [0.25, 0.3) is 0 Å². The molecule has 0 radical (unpaired) electrons. The van der Waals surface area contributed by atoms with Gasteiger partial charge in [-0.2, -0.15) is 5.10 Å². The third-order valence-electron chi connectivity index (χ3n) is 5.76. The van der Waals surface area contributed by atoms with Crippen molar-refractivity contribution in [3.63, 3.8) is 0 Å². The molecule has 2 aromatic rings. The zero-order valence-corrected chi connectivity index (χ0v) is 18.2. The highest BCUT2D eigenvalue weighted by atomic mass is 16.2. The molecule has 1 N–H and O–H groups in total. The number of aromatic nitrogens is 4. The predicted molar refractivity (Wildman–Crippen MR) is 111 cm³/mol. The van der Waals surface area contributed by atoms with Gasteiger partial charge in [0, 0.05) is 56.6 Å². The van der Waals surface area contributed by atoms with Crippen molar-refractivity contribution >= 4 is 11.8 Å². The Hall–Kier alpha value is -2.64. The number of carbonyl (C=O) groups excluding carboxylic acids is 2. The SMILES string of the molecule is CCCn1cc(CNC(=O)c2nc(C)n(C3CCN(C(C)=O)CC3)c2C)c(C)n1. The molecule has 2 amide bonds. The quantitative estimate of drug-likeness (QED) is 0.807. The normalized spacial score (nSPS) is 15.0. The Labute approximate surface area is 172 Å². The van der Waals surface area contributed by atoms with Crippen LogP contribution in [0.1, 0.15) is 72.4 Å². The summed E-state index contributed by atoms with van der Waals surface area (Å²) in [6.45, 7) is 12.4. The molecule has 1 fully saturated rings. The van der Waals surface area contributed by atoms with Crippen LogP contribution in [0.15, 0.2) is 6.20 Å². The molecular formula is C21H32N6O2. The van der Waals surface area contributed by atoms with Crippen molar-refractivity contribution in [2.45, 2.75) is 73.0 Å². The largest absolute Gasteiger partial charge is 0.346 e. The Morgan fingerprint density at radius 3 is 2.52 bits per heavy atom. The Balaban J connectivity index is 1.68. The van der Waals surface area contributed by atoms with Crippen LogP contribution in [0, 0.1) is 20.8 Å².